The number of aliphatic hydroxyl groups excluding tert-OH is 1. The molecule has 0 rings (SSSR count). The van der Waals surface area contributed by atoms with Crippen LogP contribution >= 0.6 is 0 Å². The van der Waals surface area contributed by atoms with Crippen LogP contribution in [0, 0.1) is 17.2 Å². The van der Waals surface area contributed by atoms with Gasteiger partial charge in [-0.3, -0.25) is 0 Å². The average Bonchev–Trinajstić information content (AvgIpc) is 2.26. The first kappa shape index (κ1) is 14.2. The number of hydrogen-bond acceptors (Lipinski definition) is 2. The number of nitrogens with zero attached hydrogens (tertiary/aromatic N) is 1. The average molecular weight is 209 g/mol. The van der Waals surface area contributed by atoms with Crippen LogP contribution in [0.25, 0.3) is 0 Å². The summed E-state index contributed by atoms with van der Waals surface area (Å²) in [4.78, 5) is 0. The Bertz CT molecular complexity index is 193. The molecule has 0 radical (unpaired) electrons. The lowest BCUT2D eigenvalue weighted by atomic mass is 10.0. The monoisotopic (exact) mass is 209 g/mol. The van der Waals surface area contributed by atoms with Gasteiger partial charge in [0.25, 0.3) is 0 Å². The third kappa shape index (κ3) is 9.49. The molecule has 2 nitrogen and oxygen atoms in total. The van der Waals surface area contributed by atoms with Crippen LogP contribution in [0.2, 0.25) is 0 Å². The summed E-state index contributed by atoms with van der Waals surface area (Å²) >= 11 is 0. The highest BCUT2D eigenvalue weighted by Crippen LogP contribution is 2.09. The predicted molar refractivity (Wildman–Crippen MR) is 63.3 cm³/mol. The summed E-state index contributed by atoms with van der Waals surface area (Å²) in [5.41, 5.74) is 0. The van der Waals surface area contributed by atoms with Gasteiger partial charge >= 0.3 is 0 Å². The van der Waals surface area contributed by atoms with Gasteiger partial charge in [0.05, 0.1) is 12.0 Å². The number of nitriles is 1. The molecule has 2 heteroatoms. The summed E-state index contributed by atoms with van der Waals surface area (Å²) in [6.07, 6.45) is 11.9. The van der Waals surface area contributed by atoms with Gasteiger partial charge in [0.2, 0.25) is 0 Å². The highest BCUT2D eigenvalue weighted by atomic mass is 16.3. The molecule has 15 heavy (non-hydrogen) atoms. The second-order valence-electron chi connectivity index (χ2n) is 3.89. The first-order valence-electron chi connectivity index (χ1n) is 6.00. The summed E-state index contributed by atoms with van der Waals surface area (Å²) in [5, 5.41) is 17.4. The van der Waals surface area contributed by atoms with Crippen LogP contribution in [-0.4, -0.2) is 11.7 Å². The van der Waals surface area contributed by atoms with Crippen LogP contribution in [0.5, 0.6) is 0 Å². The quantitative estimate of drug-likeness (QED) is 0.467. The number of aliphatic hydroxyl groups is 1. The van der Waals surface area contributed by atoms with E-state index in [1.807, 2.05) is 0 Å². The van der Waals surface area contributed by atoms with Gasteiger partial charge in [0.15, 0.2) is 0 Å². The molecule has 0 aliphatic carbocycles. The van der Waals surface area contributed by atoms with Crippen molar-refractivity contribution in [3.8, 4) is 6.07 Å². The minimum atomic E-state index is -0.0121. The molecule has 86 valence electrons. The summed E-state index contributed by atoms with van der Waals surface area (Å²) in [6, 6.07) is 2.20. The van der Waals surface area contributed by atoms with E-state index < -0.39 is 0 Å². The molecule has 0 spiro atoms. The van der Waals surface area contributed by atoms with Crippen molar-refractivity contribution in [2.24, 2.45) is 5.92 Å². The van der Waals surface area contributed by atoms with E-state index in [2.05, 4.69) is 25.1 Å². The standard InChI is InChI=1S/C13H23NO/c1-2-3-4-5-6-7-8-9-13(12-14)10-11-15/h7-8,13,15H,2-6,9-11H2,1H3/b8-7+. The molecule has 1 unspecified atom stereocenters. The van der Waals surface area contributed by atoms with Crippen molar-refractivity contribution in [2.45, 2.75) is 51.9 Å². The maximum Gasteiger partial charge on any atom is 0.0659 e. The van der Waals surface area contributed by atoms with Gasteiger partial charge in [-0.2, -0.15) is 5.26 Å². The second-order valence-corrected chi connectivity index (χ2v) is 3.89. The zero-order valence-electron chi connectivity index (χ0n) is 9.78. The smallest absolute Gasteiger partial charge is 0.0659 e. The van der Waals surface area contributed by atoms with Crippen molar-refractivity contribution in [2.75, 3.05) is 6.61 Å². The molecule has 0 aliphatic rings. The lowest BCUT2D eigenvalue weighted by Gasteiger charge is -2.01. The molecule has 0 amide bonds. The van der Waals surface area contributed by atoms with Crippen LogP contribution in [0.1, 0.15) is 51.9 Å². The van der Waals surface area contributed by atoms with E-state index in [4.69, 9.17) is 10.4 Å². The van der Waals surface area contributed by atoms with Crippen LogP contribution in [0.15, 0.2) is 12.2 Å². The summed E-state index contributed by atoms with van der Waals surface area (Å²) < 4.78 is 0. The largest absolute Gasteiger partial charge is 0.396 e. The fourth-order valence-electron chi connectivity index (χ4n) is 1.46. The summed E-state index contributed by atoms with van der Waals surface area (Å²) in [7, 11) is 0. The van der Waals surface area contributed by atoms with Crippen LogP contribution in [0.3, 0.4) is 0 Å². The Labute approximate surface area is 93.6 Å². The van der Waals surface area contributed by atoms with Gasteiger partial charge in [0, 0.05) is 6.61 Å². The van der Waals surface area contributed by atoms with Gasteiger partial charge in [0.1, 0.15) is 0 Å². The van der Waals surface area contributed by atoms with E-state index in [0.29, 0.717) is 6.42 Å². The number of rotatable bonds is 9. The highest BCUT2D eigenvalue weighted by molar-refractivity contribution is 4.91. The van der Waals surface area contributed by atoms with Gasteiger partial charge in [-0.1, -0.05) is 38.3 Å². The van der Waals surface area contributed by atoms with E-state index in [1.165, 1.54) is 25.7 Å². The molecule has 0 heterocycles. The van der Waals surface area contributed by atoms with E-state index >= 15 is 0 Å². The van der Waals surface area contributed by atoms with Crippen LogP contribution in [0.4, 0.5) is 0 Å². The second kappa shape index (κ2) is 11.3. The van der Waals surface area contributed by atoms with Crippen molar-refractivity contribution < 1.29 is 5.11 Å². The molecule has 0 aromatic carbocycles. The van der Waals surface area contributed by atoms with Crippen molar-refractivity contribution in [1.82, 2.24) is 0 Å². The molecular formula is C13H23NO. The van der Waals surface area contributed by atoms with Crippen molar-refractivity contribution >= 4 is 0 Å². The summed E-state index contributed by atoms with van der Waals surface area (Å²) in [6.45, 7) is 2.32. The Morgan fingerprint density at radius 1 is 1.27 bits per heavy atom. The Hall–Kier alpha value is -0.810. The molecule has 0 aliphatic heterocycles. The molecule has 1 atom stereocenters. The first-order valence-corrected chi connectivity index (χ1v) is 6.00. The lowest BCUT2D eigenvalue weighted by molar-refractivity contribution is 0.272. The van der Waals surface area contributed by atoms with Crippen molar-refractivity contribution in [3.63, 3.8) is 0 Å². The minimum Gasteiger partial charge on any atom is -0.396 e. The highest BCUT2D eigenvalue weighted by Gasteiger charge is 2.02. The first-order chi connectivity index (χ1) is 7.35. The molecule has 1 N–H and O–H groups in total. The summed E-state index contributed by atoms with van der Waals surface area (Å²) in [5.74, 6) is -0.0121. The zero-order chi connectivity index (χ0) is 11.4. The molecule has 0 bridgehead atoms. The molecule has 0 saturated heterocycles. The van der Waals surface area contributed by atoms with Gasteiger partial charge in [-0.05, 0) is 25.7 Å². The molecule has 0 aromatic rings. The zero-order valence-corrected chi connectivity index (χ0v) is 9.78. The molecule has 0 aromatic heterocycles. The fourth-order valence-corrected chi connectivity index (χ4v) is 1.46. The minimum absolute atomic E-state index is 0.0121. The Morgan fingerprint density at radius 3 is 2.67 bits per heavy atom. The molecular weight excluding hydrogens is 186 g/mol. The lowest BCUT2D eigenvalue weighted by Crippen LogP contribution is -1.98. The van der Waals surface area contributed by atoms with Crippen LogP contribution in [-0.2, 0) is 0 Å². The van der Waals surface area contributed by atoms with Crippen LogP contribution < -0.4 is 0 Å². The molecule has 0 saturated carbocycles. The Balaban J connectivity index is 3.40. The van der Waals surface area contributed by atoms with E-state index in [-0.39, 0.29) is 12.5 Å². The topological polar surface area (TPSA) is 44.0 Å². The van der Waals surface area contributed by atoms with Gasteiger partial charge < -0.3 is 5.11 Å². The number of unbranched alkanes of at least 4 members (excludes halogenated alkanes) is 4. The number of hydrogen-bond donors (Lipinski definition) is 1. The van der Waals surface area contributed by atoms with Crippen molar-refractivity contribution in [1.29, 1.82) is 5.26 Å². The van der Waals surface area contributed by atoms with Gasteiger partial charge in [-0.25, -0.2) is 0 Å². The van der Waals surface area contributed by atoms with Gasteiger partial charge in [-0.15, -0.1) is 0 Å². The predicted octanol–water partition coefficient (Wildman–Crippen LogP) is 3.43. The third-order valence-electron chi connectivity index (χ3n) is 2.47. The van der Waals surface area contributed by atoms with E-state index in [0.717, 1.165) is 12.8 Å². The fraction of sp³-hybridized carbons (Fsp3) is 0.769. The van der Waals surface area contributed by atoms with Crippen molar-refractivity contribution in [3.05, 3.63) is 12.2 Å². The van der Waals surface area contributed by atoms with E-state index in [9.17, 15) is 0 Å². The Kier molecular flexibility index (Phi) is 10.7. The maximum absolute atomic E-state index is 8.73. The SMILES string of the molecule is CCCCCC/C=C/CC(C#N)CCO. The Morgan fingerprint density at radius 2 is 2.07 bits per heavy atom. The third-order valence-corrected chi connectivity index (χ3v) is 2.47. The normalized spacial score (nSPS) is 12.9. The molecule has 0 fully saturated rings. The number of allylic oxidation sites excluding steroid dienone is 2. The maximum atomic E-state index is 8.73. The van der Waals surface area contributed by atoms with E-state index in [1.54, 1.807) is 0 Å².